The summed E-state index contributed by atoms with van der Waals surface area (Å²) in [6, 6.07) is 79.0. The van der Waals surface area contributed by atoms with Crippen LogP contribution >= 0.6 is 0 Å². The Bertz CT molecular complexity index is 5820. The molecule has 12 aromatic carbocycles. The van der Waals surface area contributed by atoms with Crippen molar-refractivity contribution in [2.75, 3.05) is 0 Å². The molecule has 0 fully saturated rings. The predicted molar refractivity (Wildman–Crippen MR) is 382 cm³/mol. The van der Waals surface area contributed by atoms with Gasteiger partial charge in [-0.3, -0.25) is 4.57 Å². The first-order chi connectivity index (χ1) is 49.0. The molecule has 0 amide bonds. The maximum absolute atomic E-state index is 9.93. The third kappa shape index (κ3) is 10.2. The van der Waals surface area contributed by atoms with Crippen molar-refractivity contribution in [3.8, 4) is 84.3 Å². The van der Waals surface area contributed by atoms with Crippen LogP contribution in [0.3, 0.4) is 0 Å². The van der Waals surface area contributed by atoms with E-state index in [-0.39, 0.29) is 37.6 Å². The number of hydrogen-bond donors (Lipinski definition) is 0. The molecule has 1 aliphatic heterocycles. The second-order valence-electron chi connectivity index (χ2n) is 25.6. The third-order valence-corrected chi connectivity index (χ3v) is 22.8. The fourth-order valence-corrected chi connectivity index (χ4v) is 18.4. The quantitative estimate of drug-likeness (QED) is 0.0592. The molecule has 0 spiro atoms. The van der Waals surface area contributed by atoms with Crippen molar-refractivity contribution in [1.29, 1.82) is 0 Å². The van der Waals surface area contributed by atoms with Crippen LogP contribution in [0.2, 0.25) is 0 Å². The van der Waals surface area contributed by atoms with Gasteiger partial charge in [0.25, 0.3) is 6.33 Å². The van der Waals surface area contributed by atoms with E-state index in [1.54, 1.807) is 6.07 Å². The molecule has 16 rings (SSSR count). The molecule has 93 heavy (non-hydrogen) atoms. The van der Waals surface area contributed by atoms with Gasteiger partial charge in [-0.25, -0.2) is 4.98 Å². The van der Waals surface area contributed by atoms with Crippen LogP contribution in [0.4, 0.5) is 0 Å². The first-order valence-corrected chi connectivity index (χ1v) is 32.9. The maximum Gasteiger partial charge on any atom is 0.268 e. The molecule has 452 valence electrons. The summed E-state index contributed by atoms with van der Waals surface area (Å²) < 4.78 is 106. The van der Waals surface area contributed by atoms with Crippen molar-refractivity contribution in [2.45, 2.75) is 52.4 Å². The number of fused-ring (bicyclic) bond motifs is 10. The number of rotatable bonds is 10. The van der Waals surface area contributed by atoms with Gasteiger partial charge in [0, 0.05) is 44.3 Å². The van der Waals surface area contributed by atoms with E-state index in [2.05, 4.69) is 186 Å². The number of pyridine rings is 1. The smallest absolute Gasteiger partial charge is 0.268 e. The molecule has 7 heteroatoms. The molecular formula is C86H66N4OPtSi-2. The zero-order chi connectivity index (χ0) is 71.0. The van der Waals surface area contributed by atoms with Crippen molar-refractivity contribution < 1.29 is 44.1 Å². The van der Waals surface area contributed by atoms with Crippen LogP contribution in [0.15, 0.2) is 291 Å². The Morgan fingerprint density at radius 1 is 0.441 bits per heavy atom. The van der Waals surface area contributed by atoms with Gasteiger partial charge in [0.1, 0.15) is 5.82 Å². The molecule has 0 aliphatic carbocycles. The third-order valence-electron chi connectivity index (χ3n) is 18.0. The zero-order valence-electron chi connectivity index (χ0n) is 62.0. The maximum atomic E-state index is 9.93. The number of para-hydroxylation sites is 1. The average Bonchev–Trinajstić information content (AvgIpc) is 1.70. The van der Waals surface area contributed by atoms with E-state index >= 15 is 0 Å². The zero-order valence-corrected chi connectivity index (χ0v) is 55.2. The molecule has 0 saturated carbocycles. The van der Waals surface area contributed by atoms with Gasteiger partial charge in [0.15, 0.2) is 8.07 Å². The van der Waals surface area contributed by atoms with Gasteiger partial charge in [-0.15, -0.1) is 29.7 Å². The molecular weight excluding hydrogens is 1330 g/mol. The Balaban J connectivity index is 0.00000856. The van der Waals surface area contributed by atoms with Crippen molar-refractivity contribution in [2.24, 2.45) is 0 Å². The number of nitrogens with zero attached hydrogens (tertiary/aromatic N) is 4. The Labute approximate surface area is 573 Å². The molecule has 3 aromatic heterocycles. The van der Waals surface area contributed by atoms with Crippen LogP contribution in [0, 0.1) is 18.5 Å². The summed E-state index contributed by atoms with van der Waals surface area (Å²) in [4.78, 5) is 4.90. The van der Waals surface area contributed by atoms with Gasteiger partial charge in [-0.05, 0) is 134 Å². The average molecular weight is 1400 g/mol. The monoisotopic (exact) mass is 1400 g/mol. The second kappa shape index (κ2) is 23.5. The minimum atomic E-state index is -3.34. The van der Waals surface area contributed by atoms with E-state index in [4.69, 9.17) is 15.2 Å². The molecule has 0 N–H and O–H groups in total. The van der Waals surface area contributed by atoms with Crippen LogP contribution < -0.4 is 30.1 Å². The van der Waals surface area contributed by atoms with Crippen LogP contribution in [-0.2, 0) is 31.9 Å². The summed E-state index contributed by atoms with van der Waals surface area (Å²) in [5.41, 5.74) is 9.71. The summed E-state index contributed by atoms with van der Waals surface area (Å²) in [7, 11) is -3.34. The van der Waals surface area contributed by atoms with Crippen LogP contribution in [-0.4, -0.2) is 22.2 Å². The molecule has 15 aromatic rings. The Kier molecular flexibility index (Phi) is 12.2. The molecule has 0 atom stereocenters. The fourth-order valence-electron chi connectivity index (χ4n) is 13.6. The normalized spacial score (nSPS) is 13.6. The largest absolute Gasteiger partial charge is 0.510 e. The van der Waals surface area contributed by atoms with Crippen molar-refractivity contribution >= 4 is 61.7 Å². The molecule has 0 saturated heterocycles. The SMILES string of the molecule is [2H]c1c([2H])c([2H])c(-c2cc3c4c(c2)n(-c2[c-]c(Oc5[c-]c6c(cc5)c5ccccc5n6-c5cc(C(C)(C)C)ccn5)ccc2)[c-][n+]4-c2c(cc(C(C)(C)C)cc2-c2c([2H])c([2H])c([2H])c([2H])c2[2H])-c2cc([Si](c4ccccc4)(c4ccccc4)c4ccccc4)ccc2-c2ccccc2-3)c([2H])c1[2H].[Pt]. The fraction of sp³-hybridized carbons (Fsp3) is 0.0930. The van der Waals surface area contributed by atoms with Crippen molar-refractivity contribution in [3.63, 3.8) is 0 Å². The number of imidazole rings is 1. The number of ether oxygens (including phenoxy) is 1. The molecule has 0 bridgehead atoms. The summed E-state index contributed by atoms with van der Waals surface area (Å²) in [6.07, 6.45) is 5.67. The van der Waals surface area contributed by atoms with Crippen molar-refractivity contribution in [3.05, 3.63) is 321 Å². The number of benzene rings is 12. The first-order valence-electron chi connectivity index (χ1n) is 35.9. The topological polar surface area (TPSA) is 35.9 Å². The van der Waals surface area contributed by atoms with Gasteiger partial charge >= 0.3 is 0 Å². The minimum absolute atomic E-state index is 0. The van der Waals surface area contributed by atoms with Crippen LogP contribution in [0.25, 0.3) is 106 Å². The second-order valence-corrected chi connectivity index (χ2v) is 29.4. The van der Waals surface area contributed by atoms with Crippen molar-refractivity contribution in [1.82, 2.24) is 14.1 Å². The molecule has 4 heterocycles. The molecule has 0 radical (unpaired) electrons. The van der Waals surface area contributed by atoms with E-state index in [0.29, 0.717) is 56.2 Å². The van der Waals surface area contributed by atoms with E-state index in [9.17, 15) is 8.22 Å². The standard InChI is InChI=1S/C86H66N4OSi.Pt/c1-85(2,3)61-47-48-87-82(53-61)90-79-42-25-24-41-73(79)74-45-43-65(55-80(74)90)91-64-32-26-31-63(54-64)88-57-89-83-75(59-29-14-8-15-30-59)51-62(86(4,5)6)52-78(83)76-56-69(92(66-33-16-9-17-34-66,67-35-18-10-19-36-67)68-37-20-11-21-38-68)44-46-72(76)70-39-22-23-40-71(70)77-49-60(50-81(88)84(77)89)58-27-12-7-13-28-58;/h7-53,56H,1-6H3;/q-2;/i7D,8D,12D,13D,14D,15D,27D,28D,29D,30D;. The van der Waals surface area contributed by atoms with Gasteiger partial charge in [0.2, 0.25) is 0 Å². The minimum Gasteiger partial charge on any atom is -0.510 e. The van der Waals surface area contributed by atoms with E-state index in [0.717, 1.165) is 81.8 Å². The van der Waals surface area contributed by atoms with Gasteiger partial charge < -0.3 is 13.9 Å². The Hall–Kier alpha value is -10.2. The Morgan fingerprint density at radius 2 is 1.03 bits per heavy atom. The van der Waals surface area contributed by atoms with E-state index in [1.807, 2.05) is 112 Å². The summed E-state index contributed by atoms with van der Waals surface area (Å²) in [5.74, 6) is 1.45. The van der Waals surface area contributed by atoms with E-state index < -0.39 is 73.9 Å². The molecule has 5 nitrogen and oxygen atoms in total. The number of aromatic nitrogens is 4. The first kappa shape index (κ1) is 48.5. The van der Waals surface area contributed by atoms with Gasteiger partial charge in [0.05, 0.1) is 30.4 Å². The predicted octanol–water partition coefficient (Wildman–Crippen LogP) is 18.2. The summed E-state index contributed by atoms with van der Waals surface area (Å²) >= 11 is 0. The summed E-state index contributed by atoms with van der Waals surface area (Å²) in [6.45, 7) is 12.8. The number of hydrogen-bond acceptors (Lipinski definition) is 2. The van der Waals surface area contributed by atoms with Gasteiger partial charge in [-0.2, -0.15) is 18.2 Å². The Morgan fingerprint density at radius 3 is 1.70 bits per heavy atom. The molecule has 0 unspecified atom stereocenters. The van der Waals surface area contributed by atoms with Crippen LogP contribution in [0.5, 0.6) is 11.5 Å². The van der Waals surface area contributed by atoms with Crippen LogP contribution in [0.1, 0.15) is 66.4 Å². The summed E-state index contributed by atoms with van der Waals surface area (Å²) in [5, 5.41) is 6.46. The molecule has 1 aliphatic rings. The van der Waals surface area contributed by atoms with Gasteiger partial charge in [-0.1, -0.05) is 277 Å². The van der Waals surface area contributed by atoms with E-state index in [1.165, 1.54) is 0 Å².